The van der Waals surface area contributed by atoms with Crippen molar-refractivity contribution in [3.05, 3.63) is 59.7 Å². The van der Waals surface area contributed by atoms with E-state index in [1.54, 1.807) is 31.4 Å². The van der Waals surface area contributed by atoms with E-state index in [9.17, 15) is 14.4 Å². The van der Waals surface area contributed by atoms with Crippen LogP contribution in [0.2, 0.25) is 0 Å². The number of benzene rings is 2. The van der Waals surface area contributed by atoms with Gasteiger partial charge in [0.05, 0.1) is 18.4 Å². The number of anilines is 1. The summed E-state index contributed by atoms with van der Waals surface area (Å²) in [4.78, 5) is 36.6. The number of carbonyl (C=O) groups excluding carboxylic acids is 3. The molecule has 1 atom stereocenters. The van der Waals surface area contributed by atoms with E-state index in [1.807, 2.05) is 38.1 Å². The Labute approximate surface area is 164 Å². The largest absolute Gasteiger partial charge is 0.497 e. The van der Waals surface area contributed by atoms with Crippen molar-refractivity contribution in [2.75, 3.05) is 12.4 Å². The van der Waals surface area contributed by atoms with Gasteiger partial charge in [0.25, 0.3) is 5.91 Å². The van der Waals surface area contributed by atoms with Gasteiger partial charge in [0, 0.05) is 12.6 Å². The normalized spacial score (nSPS) is 11.2. The third-order valence-electron chi connectivity index (χ3n) is 4.20. The van der Waals surface area contributed by atoms with Crippen LogP contribution in [0.5, 0.6) is 5.75 Å². The van der Waals surface area contributed by atoms with E-state index in [1.165, 1.54) is 0 Å². The molecule has 148 valence electrons. The number of ether oxygens (including phenoxy) is 1. The summed E-state index contributed by atoms with van der Waals surface area (Å²) in [7, 11) is 1.58. The minimum atomic E-state index is -0.812. The van der Waals surface area contributed by atoms with Crippen molar-refractivity contribution in [3.8, 4) is 5.75 Å². The van der Waals surface area contributed by atoms with Gasteiger partial charge in [-0.2, -0.15) is 0 Å². The third-order valence-corrected chi connectivity index (χ3v) is 4.20. The Kier molecular flexibility index (Phi) is 7.56. The predicted octanol–water partition coefficient (Wildman–Crippen LogP) is 2.48. The van der Waals surface area contributed by atoms with Crippen molar-refractivity contribution in [2.45, 2.75) is 32.9 Å². The average Bonchev–Trinajstić information content (AvgIpc) is 2.72. The minimum Gasteiger partial charge on any atom is -0.497 e. The average molecular weight is 383 g/mol. The first-order valence-corrected chi connectivity index (χ1v) is 9.06. The Morgan fingerprint density at radius 1 is 1.04 bits per heavy atom. The lowest BCUT2D eigenvalue weighted by Gasteiger charge is -2.13. The molecule has 2 aromatic carbocycles. The number of methoxy groups -OCH3 is 1. The molecule has 2 rings (SSSR count). The maximum absolute atomic E-state index is 12.6. The molecule has 0 saturated heterocycles. The maximum Gasteiger partial charge on any atom is 0.313 e. The fourth-order valence-electron chi connectivity index (χ4n) is 2.42. The van der Waals surface area contributed by atoms with E-state index in [4.69, 9.17) is 4.74 Å². The second kappa shape index (κ2) is 10.1. The summed E-state index contributed by atoms with van der Waals surface area (Å²) in [6.07, 6.45) is 0.711. The second-order valence-electron chi connectivity index (χ2n) is 6.32. The number of rotatable bonds is 7. The van der Waals surface area contributed by atoms with Gasteiger partial charge in [-0.15, -0.1) is 0 Å². The van der Waals surface area contributed by atoms with E-state index < -0.39 is 11.8 Å². The molecule has 0 saturated carbocycles. The summed E-state index contributed by atoms with van der Waals surface area (Å²) >= 11 is 0. The van der Waals surface area contributed by atoms with Gasteiger partial charge in [0.15, 0.2) is 0 Å². The van der Waals surface area contributed by atoms with Crippen molar-refractivity contribution in [1.82, 2.24) is 10.6 Å². The predicted molar refractivity (Wildman–Crippen MR) is 107 cm³/mol. The maximum atomic E-state index is 12.6. The first kappa shape index (κ1) is 21.0. The molecule has 2 aromatic rings. The van der Waals surface area contributed by atoms with Crippen LogP contribution in [0.25, 0.3) is 0 Å². The molecular formula is C21H25N3O4. The molecule has 0 spiro atoms. The molecule has 3 amide bonds. The molecular weight excluding hydrogens is 358 g/mol. The Balaban J connectivity index is 2.04. The van der Waals surface area contributed by atoms with Crippen molar-refractivity contribution in [1.29, 1.82) is 0 Å². The van der Waals surface area contributed by atoms with E-state index in [2.05, 4.69) is 16.0 Å². The van der Waals surface area contributed by atoms with Gasteiger partial charge in [0.2, 0.25) is 0 Å². The number of para-hydroxylation sites is 1. The first-order valence-electron chi connectivity index (χ1n) is 9.06. The zero-order valence-corrected chi connectivity index (χ0v) is 16.2. The van der Waals surface area contributed by atoms with Crippen LogP contribution >= 0.6 is 0 Å². The molecule has 0 unspecified atom stereocenters. The minimum absolute atomic E-state index is 0.111. The lowest BCUT2D eigenvalue weighted by Crippen LogP contribution is -2.40. The number of hydrogen-bond acceptors (Lipinski definition) is 4. The molecule has 0 heterocycles. The summed E-state index contributed by atoms with van der Waals surface area (Å²) in [6.45, 7) is 4.02. The summed E-state index contributed by atoms with van der Waals surface area (Å²) in [5.74, 6) is -1.21. The van der Waals surface area contributed by atoms with Crippen LogP contribution in [0.1, 0.15) is 36.2 Å². The fourth-order valence-corrected chi connectivity index (χ4v) is 2.42. The second-order valence-corrected chi connectivity index (χ2v) is 6.32. The molecule has 0 radical (unpaired) electrons. The van der Waals surface area contributed by atoms with Crippen LogP contribution in [0.15, 0.2) is 48.5 Å². The van der Waals surface area contributed by atoms with Crippen LogP contribution < -0.4 is 20.7 Å². The van der Waals surface area contributed by atoms with Gasteiger partial charge in [-0.25, -0.2) is 0 Å². The Morgan fingerprint density at radius 3 is 2.50 bits per heavy atom. The van der Waals surface area contributed by atoms with Crippen LogP contribution in [0, 0.1) is 0 Å². The topological polar surface area (TPSA) is 96.5 Å². The van der Waals surface area contributed by atoms with E-state index >= 15 is 0 Å². The molecule has 0 bridgehead atoms. The third kappa shape index (κ3) is 5.84. The van der Waals surface area contributed by atoms with Crippen molar-refractivity contribution < 1.29 is 19.1 Å². The van der Waals surface area contributed by atoms with Crippen molar-refractivity contribution >= 4 is 23.4 Å². The molecule has 7 heteroatoms. The molecule has 0 aliphatic heterocycles. The lowest BCUT2D eigenvalue weighted by molar-refractivity contribution is -0.136. The fraction of sp³-hybridized carbons (Fsp3) is 0.286. The Hall–Kier alpha value is -3.35. The molecule has 0 aromatic heterocycles. The van der Waals surface area contributed by atoms with E-state index in [0.717, 1.165) is 5.56 Å². The smallest absolute Gasteiger partial charge is 0.313 e. The number of nitrogens with one attached hydrogen (secondary N) is 3. The Bertz CT molecular complexity index is 851. The van der Waals surface area contributed by atoms with Gasteiger partial charge in [-0.1, -0.05) is 31.2 Å². The van der Waals surface area contributed by atoms with Crippen molar-refractivity contribution in [3.63, 3.8) is 0 Å². The summed E-state index contributed by atoms with van der Waals surface area (Å²) in [6, 6.07) is 13.8. The highest BCUT2D eigenvalue weighted by atomic mass is 16.5. The van der Waals surface area contributed by atoms with Crippen molar-refractivity contribution in [2.24, 2.45) is 0 Å². The molecule has 3 N–H and O–H groups in total. The quantitative estimate of drug-likeness (QED) is 0.640. The number of amides is 3. The van der Waals surface area contributed by atoms with Crippen LogP contribution in [0.4, 0.5) is 5.69 Å². The highest BCUT2D eigenvalue weighted by Crippen LogP contribution is 2.16. The standard InChI is InChI=1S/C21H25N3O4/c1-4-14(2)23-20(26)21(27)24-18-11-6-5-10-17(18)19(25)22-13-15-8-7-9-16(12-15)28-3/h5-12,14H,4,13H2,1-3H3,(H,22,25)(H,23,26)(H,24,27)/t14-/m0/s1. The lowest BCUT2D eigenvalue weighted by atomic mass is 10.1. The van der Waals surface area contributed by atoms with Gasteiger partial charge in [-0.3, -0.25) is 14.4 Å². The van der Waals surface area contributed by atoms with Gasteiger partial charge in [-0.05, 0) is 43.2 Å². The summed E-state index contributed by atoms with van der Waals surface area (Å²) < 4.78 is 5.17. The van der Waals surface area contributed by atoms with Gasteiger partial charge >= 0.3 is 11.8 Å². The molecule has 7 nitrogen and oxygen atoms in total. The number of carbonyl (C=O) groups is 3. The summed E-state index contributed by atoms with van der Waals surface area (Å²) in [5.41, 5.74) is 1.42. The first-order chi connectivity index (χ1) is 13.4. The van der Waals surface area contributed by atoms with E-state index in [0.29, 0.717) is 18.7 Å². The van der Waals surface area contributed by atoms with Crippen LogP contribution in [0.3, 0.4) is 0 Å². The van der Waals surface area contributed by atoms with Crippen LogP contribution in [-0.2, 0) is 16.1 Å². The molecule has 0 aliphatic rings. The highest BCUT2D eigenvalue weighted by Gasteiger charge is 2.18. The van der Waals surface area contributed by atoms with E-state index in [-0.39, 0.29) is 23.2 Å². The van der Waals surface area contributed by atoms with Crippen LogP contribution in [-0.4, -0.2) is 30.9 Å². The zero-order chi connectivity index (χ0) is 20.5. The Morgan fingerprint density at radius 2 is 1.79 bits per heavy atom. The highest BCUT2D eigenvalue weighted by molar-refractivity contribution is 6.40. The summed E-state index contributed by atoms with van der Waals surface area (Å²) in [5, 5.41) is 7.90. The molecule has 28 heavy (non-hydrogen) atoms. The molecule has 0 fully saturated rings. The SMILES string of the molecule is CC[C@H](C)NC(=O)C(=O)Nc1ccccc1C(=O)NCc1cccc(OC)c1. The van der Waals surface area contributed by atoms with Gasteiger partial charge in [0.1, 0.15) is 5.75 Å². The number of hydrogen-bond donors (Lipinski definition) is 3. The zero-order valence-electron chi connectivity index (χ0n) is 16.2. The van der Waals surface area contributed by atoms with Gasteiger partial charge < -0.3 is 20.7 Å². The molecule has 0 aliphatic carbocycles. The monoisotopic (exact) mass is 383 g/mol.